The van der Waals surface area contributed by atoms with Gasteiger partial charge >= 0.3 is 6.43 Å². The number of rotatable bonds is 4. The fourth-order valence-electron chi connectivity index (χ4n) is 2.27. The van der Waals surface area contributed by atoms with Crippen LogP contribution in [-0.2, 0) is 4.79 Å². The lowest BCUT2D eigenvalue weighted by molar-refractivity contribution is -0.126. The molecule has 0 saturated heterocycles. The van der Waals surface area contributed by atoms with Crippen molar-refractivity contribution in [3.8, 4) is 0 Å². The minimum Gasteiger partial charge on any atom is -0.319 e. The first-order chi connectivity index (χ1) is 12.0. The fraction of sp³-hybridized carbons (Fsp3) is 0.0556. The van der Waals surface area contributed by atoms with Gasteiger partial charge in [0.1, 0.15) is 5.69 Å². The average molecular weight is 341 g/mol. The van der Waals surface area contributed by atoms with Gasteiger partial charge in [0.15, 0.2) is 0 Å². The first-order valence-electron chi connectivity index (χ1n) is 7.40. The molecule has 0 bridgehead atoms. The Balaban J connectivity index is 1.83. The first kappa shape index (κ1) is 16.5. The van der Waals surface area contributed by atoms with Gasteiger partial charge in [-0.25, -0.2) is 4.98 Å². The van der Waals surface area contributed by atoms with E-state index >= 15 is 0 Å². The Kier molecular flexibility index (Phi) is 4.65. The number of halogens is 2. The lowest BCUT2D eigenvalue weighted by atomic mass is 10.2. The average Bonchev–Trinajstić information content (AvgIpc) is 2.62. The largest absolute Gasteiger partial charge is 0.319 e. The number of hydrogen-bond donors (Lipinski definition) is 2. The van der Waals surface area contributed by atoms with E-state index < -0.39 is 18.2 Å². The molecule has 0 fully saturated rings. The van der Waals surface area contributed by atoms with E-state index in [9.17, 15) is 18.4 Å². The highest BCUT2D eigenvalue weighted by Gasteiger charge is 2.17. The molecule has 1 aromatic heterocycles. The number of nitrogens with zero attached hydrogens (tertiary/aromatic N) is 1. The summed E-state index contributed by atoms with van der Waals surface area (Å²) in [6, 6.07) is 16.8. The SMILES string of the molecule is O=C(Nc1ccccc1NC(=O)C(F)F)c1ccc2ccccc2n1. The molecule has 1 heterocycles. The molecule has 0 radical (unpaired) electrons. The Hall–Kier alpha value is -3.35. The highest BCUT2D eigenvalue weighted by molar-refractivity contribution is 6.07. The van der Waals surface area contributed by atoms with Gasteiger partial charge < -0.3 is 10.6 Å². The molecule has 2 amide bonds. The molecule has 5 nitrogen and oxygen atoms in total. The molecule has 0 aliphatic heterocycles. The molecule has 0 aliphatic carbocycles. The number of aromatic nitrogens is 1. The summed E-state index contributed by atoms with van der Waals surface area (Å²) in [6.45, 7) is 0. The van der Waals surface area contributed by atoms with Crippen molar-refractivity contribution in [3.63, 3.8) is 0 Å². The zero-order valence-corrected chi connectivity index (χ0v) is 12.9. The summed E-state index contributed by atoms with van der Waals surface area (Å²) in [6.07, 6.45) is -3.15. The van der Waals surface area contributed by atoms with E-state index in [2.05, 4.69) is 15.6 Å². The summed E-state index contributed by atoms with van der Waals surface area (Å²) in [5.74, 6) is -1.95. The molecular formula is C18H13F2N3O2. The highest BCUT2D eigenvalue weighted by atomic mass is 19.3. The van der Waals surface area contributed by atoms with Gasteiger partial charge in [-0.05, 0) is 24.3 Å². The van der Waals surface area contributed by atoms with Gasteiger partial charge in [-0.15, -0.1) is 0 Å². The van der Waals surface area contributed by atoms with Crippen molar-refractivity contribution in [2.45, 2.75) is 6.43 Å². The number of fused-ring (bicyclic) bond motifs is 1. The molecule has 3 aromatic rings. The number of benzene rings is 2. The van der Waals surface area contributed by atoms with E-state index in [0.717, 1.165) is 5.39 Å². The fourth-order valence-corrected chi connectivity index (χ4v) is 2.27. The Morgan fingerprint density at radius 3 is 2.20 bits per heavy atom. The van der Waals surface area contributed by atoms with Gasteiger partial charge in [-0.3, -0.25) is 9.59 Å². The van der Waals surface area contributed by atoms with Crippen LogP contribution in [0.1, 0.15) is 10.5 Å². The van der Waals surface area contributed by atoms with Crippen LogP contribution in [-0.4, -0.2) is 23.2 Å². The molecule has 0 atom stereocenters. The van der Waals surface area contributed by atoms with Crippen LogP contribution in [0.5, 0.6) is 0 Å². The summed E-state index contributed by atoms with van der Waals surface area (Å²) < 4.78 is 24.8. The van der Waals surface area contributed by atoms with Crippen molar-refractivity contribution in [1.82, 2.24) is 4.98 Å². The summed E-state index contributed by atoms with van der Waals surface area (Å²) in [5.41, 5.74) is 1.13. The third kappa shape index (κ3) is 3.77. The van der Waals surface area contributed by atoms with Crippen molar-refractivity contribution in [3.05, 3.63) is 66.4 Å². The Morgan fingerprint density at radius 2 is 1.48 bits per heavy atom. The summed E-state index contributed by atoms with van der Waals surface area (Å²) in [7, 11) is 0. The summed E-state index contributed by atoms with van der Waals surface area (Å²) in [5, 5.41) is 5.54. The third-order valence-electron chi connectivity index (χ3n) is 3.46. The van der Waals surface area contributed by atoms with E-state index in [1.165, 1.54) is 12.1 Å². The summed E-state index contributed by atoms with van der Waals surface area (Å²) >= 11 is 0. The molecular weight excluding hydrogens is 328 g/mol. The second-order valence-electron chi connectivity index (χ2n) is 5.18. The van der Waals surface area contributed by atoms with E-state index in [4.69, 9.17) is 0 Å². The van der Waals surface area contributed by atoms with Crippen LogP contribution in [0.3, 0.4) is 0 Å². The van der Waals surface area contributed by atoms with Crippen LogP contribution < -0.4 is 10.6 Å². The number of amides is 2. The maximum atomic E-state index is 12.4. The lowest BCUT2D eigenvalue weighted by Crippen LogP contribution is -2.22. The molecule has 2 N–H and O–H groups in total. The van der Waals surface area contributed by atoms with Crippen molar-refractivity contribution in [2.24, 2.45) is 0 Å². The molecule has 3 rings (SSSR count). The zero-order chi connectivity index (χ0) is 17.8. The van der Waals surface area contributed by atoms with Crippen molar-refractivity contribution >= 4 is 34.1 Å². The number of pyridine rings is 1. The van der Waals surface area contributed by atoms with E-state index in [0.29, 0.717) is 5.52 Å². The van der Waals surface area contributed by atoms with Crippen molar-refractivity contribution in [2.75, 3.05) is 10.6 Å². The predicted molar refractivity (Wildman–Crippen MR) is 90.8 cm³/mol. The number of para-hydroxylation sites is 3. The molecule has 0 unspecified atom stereocenters. The lowest BCUT2D eigenvalue weighted by Gasteiger charge is -2.12. The number of nitrogens with one attached hydrogen (secondary N) is 2. The highest BCUT2D eigenvalue weighted by Crippen LogP contribution is 2.22. The minimum absolute atomic E-state index is 0.0851. The van der Waals surface area contributed by atoms with Gasteiger partial charge in [0.05, 0.1) is 16.9 Å². The smallest absolute Gasteiger partial charge is 0.315 e. The van der Waals surface area contributed by atoms with E-state index in [-0.39, 0.29) is 17.1 Å². The molecule has 25 heavy (non-hydrogen) atoms. The predicted octanol–water partition coefficient (Wildman–Crippen LogP) is 3.69. The van der Waals surface area contributed by atoms with Gasteiger partial charge in [-0.2, -0.15) is 8.78 Å². The van der Waals surface area contributed by atoms with Crippen LogP contribution in [0.25, 0.3) is 10.9 Å². The molecule has 2 aromatic carbocycles. The molecule has 0 aliphatic rings. The molecule has 126 valence electrons. The quantitative estimate of drug-likeness (QED) is 0.760. The van der Waals surface area contributed by atoms with Crippen LogP contribution >= 0.6 is 0 Å². The van der Waals surface area contributed by atoms with Gasteiger partial charge in [0.2, 0.25) is 0 Å². The maximum absolute atomic E-state index is 12.4. The number of carbonyl (C=O) groups is 2. The number of alkyl halides is 2. The van der Waals surface area contributed by atoms with Crippen LogP contribution in [0.15, 0.2) is 60.7 Å². The normalized spacial score (nSPS) is 10.7. The van der Waals surface area contributed by atoms with Crippen LogP contribution in [0.2, 0.25) is 0 Å². The number of hydrogen-bond acceptors (Lipinski definition) is 3. The topological polar surface area (TPSA) is 71.1 Å². The third-order valence-corrected chi connectivity index (χ3v) is 3.46. The second-order valence-corrected chi connectivity index (χ2v) is 5.18. The van der Waals surface area contributed by atoms with Crippen LogP contribution in [0, 0.1) is 0 Å². The zero-order valence-electron chi connectivity index (χ0n) is 12.9. The molecule has 0 saturated carbocycles. The molecule has 7 heteroatoms. The van der Waals surface area contributed by atoms with Crippen LogP contribution in [0.4, 0.5) is 20.2 Å². The summed E-state index contributed by atoms with van der Waals surface area (Å²) in [4.78, 5) is 27.8. The Bertz CT molecular complexity index is 944. The van der Waals surface area contributed by atoms with E-state index in [1.807, 2.05) is 18.2 Å². The Morgan fingerprint density at radius 1 is 0.840 bits per heavy atom. The minimum atomic E-state index is -3.15. The van der Waals surface area contributed by atoms with Gasteiger partial charge in [0, 0.05) is 5.39 Å². The van der Waals surface area contributed by atoms with Gasteiger partial charge in [0.25, 0.3) is 11.8 Å². The number of anilines is 2. The van der Waals surface area contributed by atoms with Crippen molar-refractivity contribution < 1.29 is 18.4 Å². The van der Waals surface area contributed by atoms with E-state index in [1.54, 1.807) is 30.3 Å². The number of carbonyl (C=O) groups excluding carboxylic acids is 2. The monoisotopic (exact) mass is 341 g/mol. The van der Waals surface area contributed by atoms with Crippen molar-refractivity contribution in [1.29, 1.82) is 0 Å². The second kappa shape index (κ2) is 7.04. The first-order valence-corrected chi connectivity index (χ1v) is 7.40. The molecule has 0 spiro atoms. The maximum Gasteiger partial charge on any atom is 0.315 e. The standard InChI is InChI=1S/C18H13F2N3O2/c19-16(20)18(25)23-14-8-4-3-7-13(14)22-17(24)15-10-9-11-5-1-2-6-12(11)21-15/h1-10,16H,(H,22,24)(H,23,25). The van der Waals surface area contributed by atoms with Gasteiger partial charge in [-0.1, -0.05) is 36.4 Å². The Labute approximate surface area is 141 Å².